The van der Waals surface area contributed by atoms with E-state index >= 15 is 0 Å². The second kappa shape index (κ2) is 3.52. The van der Waals surface area contributed by atoms with Gasteiger partial charge in [-0.25, -0.2) is 0 Å². The van der Waals surface area contributed by atoms with Gasteiger partial charge in [-0.2, -0.15) is 0 Å². The third-order valence-corrected chi connectivity index (χ3v) is 1.72. The van der Waals surface area contributed by atoms with Crippen molar-refractivity contribution in [3.05, 3.63) is 0 Å². The fourth-order valence-electron chi connectivity index (χ4n) is 1.27. The summed E-state index contributed by atoms with van der Waals surface area (Å²) in [5.74, 6) is 0.531. The summed E-state index contributed by atoms with van der Waals surface area (Å²) < 4.78 is 10.3. The van der Waals surface area contributed by atoms with Gasteiger partial charge in [-0.1, -0.05) is 13.8 Å². The van der Waals surface area contributed by atoms with Crippen molar-refractivity contribution < 1.29 is 14.6 Å². The molecule has 0 saturated carbocycles. The predicted molar refractivity (Wildman–Crippen MR) is 40.9 cm³/mol. The lowest BCUT2D eigenvalue weighted by atomic mass is 10.1. The molecule has 1 saturated heterocycles. The van der Waals surface area contributed by atoms with Crippen molar-refractivity contribution in [3.8, 4) is 0 Å². The van der Waals surface area contributed by atoms with Crippen LogP contribution in [0.2, 0.25) is 0 Å². The minimum atomic E-state index is -0.729. The summed E-state index contributed by atoms with van der Waals surface area (Å²) in [4.78, 5) is 0. The number of aliphatic hydroxyl groups is 1. The molecule has 3 atom stereocenters. The molecule has 0 bridgehead atoms. The number of rotatable bonds is 2. The maximum atomic E-state index is 9.26. The van der Waals surface area contributed by atoms with Crippen molar-refractivity contribution in [3.63, 3.8) is 0 Å². The molecular weight excluding hydrogens is 144 g/mol. The van der Waals surface area contributed by atoms with E-state index in [1.165, 1.54) is 0 Å². The molecule has 0 amide bonds. The quantitative estimate of drug-likeness (QED) is 0.657. The maximum Gasteiger partial charge on any atom is 0.184 e. The minimum absolute atomic E-state index is 0.134. The van der Waals surface area contributed by atoms with Gasteiger partial charge >= 0.3 is 0 Å². The number of hydrogen-bond donors (Lipinski definition) is 1. The van der Waals surface area contributed by atoms with E-state index in [0.29, 0.717) is 5.92 Å². The molecule has 1 aliphatic heterocycles. The van der Waals surface area contributed by atoms with Crippen LogP contribution in [0, 0.1) is 5.92 Å². The Kier molecular flexibility index (Phi) is 2.87. The molecule has 66 valence electrons. The summed E-state index contributed by atoms with van der Waals surface area (Å²) in [7, 11) is 0. The van der Waals surface area contributed by atoms with Gasteiger partial charge in [0.2, 0.25) is 0 Å². The van der Waals surface area contributed by atoms with E-state index in [1.54, 1.807) is 6.92 Å². The second-order valence-corrected chi connectivity index (χ2v) is 3.40. The van der Waals surface area contributed by atoms with Crippen molar-refractivity contribution in [2.45, 2.75) is 45.9 Å². The third-order valence-electron chi connectivity index (χ3n) is 1.72. The van der Waals surface area contributed by atoms with E-state index in [2.05, 4.69) is 13.8 Å². The highest BCUT2D eigenvalue weighted by Crippen LogP contribution is 2.22. The number of ether oxygens (including phenoxy) is 2. The fourth-order valence-corrected chi connectivity index (χ4v) is 1.27. The smallest absolute Gasteiger partial charge is 0.184 e. The first-order valence-electron chi connectivity index (χ1n) is 4.08. The third kappa shape index (κ3) is 2.43. The molecule has 3 nitrogen and oxygen atoms in total. The average Bonchev–Trinajstić information content (AvgIpc) is 2.09. The van der Waals surface area contributed by atoms with Crippen molar-refractivity contribution in [1.82, 2.24) is 0 Å². The fraction of sp³-hybridized carbons (Fsp3) is 1.00. The van der Waals surface area contributed by atoms with Gasteiger partial charge in [-0.15, -0.1) is 0 Å². The van der Waals surface area contributed by atoms with Crippen molar-refractivity contribution in [2.24, 2.45) is 5.92 Å². The Hall–Kier alpha value is -0.120. The Labute approximate surface area is 67.3 Å². The van der Waals surface area contributed by atoms with Gasteiger partial charge in [-0.3, -0.25) is 0 Å². The van der Waals surface area contributed by atoms with Crippen molar-refractivity contribution >= 4 is 0 Å². The first-order chi connectivity index (χ1) is 5.09. The monoisotopic (exact) mass is 160 g/mol. The van der Waals surface area contributed by atoms with Crippen molar-refractivity contribution in [2.75, 3.05) is 0 Å². The molecule has 0 aromatic carbocycles. The largest absolute Gasteiger partial charge is 0.366 e. The standard InChI is InChI=1S/C8H16O3/c1-5(2)4-7-8(9)11-6(3)10-7/h5-9H,4H2,1-3H3/t6?,7-,8?/m0/s1. The average molecular weight is 160 g/mol. The first-order valence-corrected chi connectivity index (χ1v) is 4.08. The highest BCUT2D eigenvalue weighted by molar-refractivity contribution is 4.68. The SMILES string of the molecule is CC(C)C[C@@H]1OC(C)OC1O. The highest BCUT2D eigenvalue weighted by atomic mass is 16.8. The molecule has 0 radical (unpaired) electrons. The van der Waals surface area contributed by atoms with Crippen LogP contribution < -0.4 is 0 Å². The molecule has 11 heavy (non-hydrogen) atoms. The van der Waals surface area contributed by atoms with Crippen LogP contribution in [0.4, 0.5) is 0 Å². The molecule has 0 aliphatic carbocycles. The molecule has 0 aromatic heterocycles. The van der Waals surface area contributed by atoms with E-state index in [9.17, 15) is 5.11 Å². The lowest BCUT2D eigenvalue weighted by molar-refractivity contribution is -0.105. The molecule has 2 unspecified atom stereocenters. The Balaban J connectivity index is 2.34. The molecular formula is C8H16O3. The van der Waals surface area contributed by atoms with Gasteiger partial charge in [0.15, 0.2) is 12.6 Å². The van der Waals surface area contributed by atoms with Crippen LogP contribution in [-0.4, -0.2) is 23.8 Å². The summed E-state index contributed by atoms with van der Waals surface area (Å²) in [6, 6.07) is 0. The van der Waals surface area contributed by atoms with Crippen LogP contribution in [-0.2, 0) is 9.47 Å². The van der Waals surface area contributed by atoms with Crippen molar-refractivity contribution in [1.29, 1.82) is 0 Å². The minimum Gasteiger partial charge on any atom is -0.366 e. The Bertz CT molecular complexity index is 125. The number of hydrogen-bond acceptors (Lipinski definition) is 3. The van der Waals surface area contributed by atoms with Crippen LogP contribution in [0.15, 0.2) is 0 Å². The molecule has 1 rings (SSSR count). The summed E-state index contributed by atoms with van der Waals surface area (Å²) in [6.07, 6.45) is -0.267. The van der Waals surface area contributed by atoms with Gasteiger partial charge in [0.25, 0.3) is 0 Å². The van der Waals surface area contributed by atoms with Gasteiger partial charge in [0.05, 0.1) is 0 Å². The zero-order chi connectivity index (χ0) is 8.43. The highest BCUT2D eigenvalue weighted by Gasteiger charge is 2.32. The van der Waals surface area contributed by atoms with Crippen LogP contribution >= 0.6 is 0 Å². The lowest BCUT2D eigenvalue weighted by Crippen LogP contribution is -2.23. The van der Waals surface area contributed by atoms with E-state index in [1.807, 2.05) is 0 Å². The van der Waals surface area contributed by atoms with E-state index in [-0.39, 0.29) is 12.4 Å². The van der Waals surface area contributed by atoms with E-state index in [0.717, 1.165) is 6.42 Å². The van der Waals surface area contributed by atoms with Crippen LogP contribution in [0.1, 0.15) is 27.2 Å². The molecule has 0 aromatic rings. The predicted octanol–water partition coefficient (Wildman–Crippen LogP) is 1.11. The molecule has 1 aliphatic rings. The normalized spacial score (nSPS) is 38.5. The first kappa shape index (κ1) is 8.97. The topological polar surface area (TPSA) is 38.7 Å². The van der Waals surface area contributed by atoms with E-state index in [4.69, 9.17) is 9.47 Å². The summed E-state index contributed by atoms with van der Waals surface area (Å²) >= 11 is 0. The van der Waals surface area contributed by atoms with Crippen LogP contribution in [0.25, 0.3) is 0 Å². The lowest BCUT2D eigenvalue weighted by Gasteiger charge is -2.13. The summed E-state index contributed by atoms with van der Waals surface area (Å²) in [5, 5.41) is 9.26. The molecule has 1 heterocycles. The molecule has 3 heteroatoms. The molecule has 1 N–H and O–H groups in total. The van der Waals surface area contributed by atoms with Gasteiger partial charge in [-0.05, 0) is 19.3 Å². The van der Waals surface area contributed by atoms with Gasteiger partial charge in [0.1, 0.15) is 6.10 Å². The second-order valence-electron chi connectivity index (χ2n) is 3.40. The Morgan fingerprint density at radius 2 is 2.00 bits per heavy atom. The zero-order valence-electron chi connectivity index (χ0n) is 7.28. The Morgan fingerprint density at radius 1 is 1.36 bits per heavy atom. The van der Waals surface area contributed by atoms with Gasteiger partial charge < -0.3 is 14.6 Å². The summed E-state index contributed by atoms with van der Waals surface area (Å²) in [6.45, 7) is 5.99. The molecule has 1 fully saturated rings. The molecule has 0 spiro atoms. The Morgan fingerprint density at radius 3 is 2.36 bits per heavy atom. The van der Waals surface area contributed by atoms with Crippen LogP contribution in [0.5, 0.6) is 0 Å². The summed E-state index contributed by atoms with van der Waals surface area (Å²) in [5.41, 5.74) is 0. The van der Waals surface area contributed by atoms with Crippen LogP contribution in [0.3, 0.4) is 0 Å². The van der Waals surface area contributed by atoms with Gasteiger partial charge in [0, 0.05) is 0 Å². The zero-order valence-corrected chi connectivity index (χ0v) is 7.28. The number of aliphatic hydroxyl groups excluding tert-OH is 1. The van der Waals surface area contributed by atoms with E-state index < -0.39 is 6.29 Å². The maximum absolute atomic E-state index is 9.26.